The van der Waals surface area contributed by atoms with Crippen LogP contribution in [0.5, 0.6) is 11.5 Å². The summed E-state index contributed by atoms with van der Waals surface area (Å²) < 4.78 is 16.4. The van der Waals surface area contributed by atoms with Gasteiger partial charge >= 0.3 is 0 Å². The third kappa shape index (κ3) is 2.42. The summed E-state index contributed by atoms with van der Waals surface area (Å²) in [6.45, 7) is 1.84. The van der Waals surface area contributed by atoms with Gasteiger partial charge in [-0.2, -0.15) is 0 Å². The van der Waals surface area contributed by atoms with E-state index >= 15 is 0 Å². The molecule has 1 aromatic heterocycles. The van der Waals surface area contributed by atoms with Gasteiger partial charge in [-0.1, -0.05) is 5.16 Å². The minimum atomic E-state index is 0.198. The maximum absolute atomic E-state index is 5.95. The van der Waals surface area contributed by atoms with Crippen LogP contribution in [0.1, 0.15) is 0 Å². The number of hydrogen-bond acceptors (Lipinski definition) is 6. The van der Waals surface area contributed by atoms with E-state index in [2.05, 4.69) is 17.1 Å². The summed E-state index contributed by atoms with van der Waals surface area (Å²) in [5, 5.41) is 3.69. The van der Waals surface area contributed by atoms with E-state index in [9.17, 15) is 0 Å². The van der Waals surface area contributed by atoms with Crippen molar-refractivity contribution in [1.29, 1.82) is 0 Å². The Morgan fingerprint density at radius 2 is 2.10 bits per heavy atom. The molecule has 0 unspecified atom stereocenters. The van der Waals surface area contributed by atoms with Gasteiger partial charge in [0.2, 0.25) is 0 Å². The monoisotopic (exact) mass is 275 g/mol. The van der Waals surface area contributed by atoms with Crippen LogP contribution in [0.25, 0.3) is 11.3 Å². The number of nitrogens with zero attached hydrogens (tertiary/aromatic N) is 2. The highest BCUT2D eigenvalue weighted by atomic mass is 16.5. The molecule has 1 aliphatic rings. The Morgan fingerprint density at radius 3 is 2.70 bits per heavy atom. The van der Waals surface area contributed by atoms with Crippen molar-refractivity contribution in [3.63, 3.8) is 0 Å². The Kier molecular flexibility index (Phi) is 3.23. The third-order valence-corrected chi connectivity index (χ3v) is 3.30. The summed E-state index contributed by atoms with van der Waals surface area (Å²) in [5.74, 6) is 2.38. The van der Waals surface area contributed by atoms with Crippen molar-refractivity contribution in [1.82, 2.24) is 10.1 Å². The van der Waals surface area contributed by atoms with E-state index < -0.39 is 0 Å². The van der Waals surface area contributed by atoms with Gasteiger partial charge in [-0.05, 0) is 25.2 Å². The van der Waals surface area contributed by atoms with Crippen LogP contribution in [-0.4, -0.2) is 43.4 Å². The average molecular weight is 275 g/mol. The summed E-state index contributed by atoms with van der Waals surface area (Å²) in [6, 6.07) is 7.31. The highest BCUT2D eigenvalue weighted by Crippen LogP contribution is 2.34. The molecular weight excluding hydrogens is 258 g/mol. The van der Waals surface area contributed by atoms with E-state index in [-0.39, 0.29) is 6.10 Å². The van der Waals surface area contributed by atoms with Crippen LogP contribution in [0.3, 0.4) is 0 Å². The molecule has 0 aliphatic carbocycles. The predicted molar refractivity (Wildman–Crippen MR) is 74.8 cm³/mol. The van der Waals surface area contributed by atoms with Crippen LogP contribution in [-0.2, 0) is 0 Å². The van der Waals surface area contributed by atoms with Gasteiger partial charge in [0.25, 0.3) is 0 Å². The van der Waals surface area contributed by atoms with Crippen LogP contribution >= 0.6 is 0 Å². The molecule has 1 saturated heterocycles. The molecule has 0 spiro atoms. The lowest BCUT2D eigenvalue weighted by Gasteiger charge is -2.36. The summed E-state index contributed by atoms with van der Waals surface area (Å²) in [4.78, 5) is 2.19. The van der Waals surface area contributed by atoms with Crippen molar-refractivity contribution in [2.45, 2.75) is 6.10 Å². The van der Waals surface area contributed by atoms with Crippen LogP contribution in [0, 0.1) is 0 Å². The molecule has 0 bridgehead atoms. The average Bonchev–Trinajstić information content (AvgIpc) is 2.83. The first-order valence-corrected chi connectivity index (χ1v) is 6.41. The van der Waals surface area contributed by atoms with Crippen molar-refractivity contribution in [2.24, 2.45) is 0 Å². The zero-order chi connectivity index (χ0) is 14.1. The molecule has 20 heavy (non-hydrogen) atoms. The molecule has 2 N–H and O–H groups in total. The highest BCUT2D eigenvalue weighted by molar-refractivity contribution is 5.64. The lowest BCUT2D eigenvalue weighted by Crippen LogP contribution is -2.51. The molecule has 0 radical (unpaired) electrons. The number of methoxy groups -OCH3 is 1. The summed E-state index contributed by atoms with van der Waals surface area (Å²) in [6.07, 6.45) is 0.198. The topological polar surface area (TPSA) is 73.8 Å². The second-order valence-electron chi connectivity index (χ2n) is 4.94. The van der Waals surface area contributed by atoms with Gasteiger partial charge in [0, 0.05) is 24.7 Å². The van der Waals surface area contributed by atoms with Gasteiger partial charge in [-0.15, -0.1) is 0 Å². The van der Waals surface area contributed by atoms with E-state index in [1.807, 2.05) is 18.2 Å². The van der Waals surface area contributed by atoms with E-state index in [0.717, 1.165) is 18.7 Å². The molecule has 0 amide bonds. The van der Waals surface area contributed by atoms with Crippen molar-refractivity contribution in [3.05, 3.63) is 24.3 Å². The molecule has 6 nitrogen and oxygen atoms in total. The Balaban J connectivity index is 1.86. The second-order valence-corrected chi connectivity index (χ2v) is 4.94. The minimum absolute atomic E-state index is 0.198. The number of nitrogen functional groups attached to an aromatic ring is 1. The first-order valence-electron chi connectivity index (χ1n) is 6.41. The molecule has 2 heterocycles. The predicted octanol–water partition coefficient (Wildman–Crippen LogP) is 1.63. The van der Waals surface area contributed by atoms with Crippen molar-refractivity contribution < 1.29 is 14.0 Å². The van der Waals surface area contributed by atoms with Crippen molar-refractivity contribution in [2.75, 3.05) is 33.0 Å². The number of benzene rings is 1. The number of nitrogens with two attached hydrogens (primary N) is 1. The smallest absolute Gasteiger partial charge is 0.169 e. The molecule has 0 saturated carbocycles. The largest absolute Gasteiger partial charge is 0.493 e. The fourth-order valence-corrected chi connectivity index (χ4v) is 2.24. The van der Waals surface area contributed by atoms with Crippen LogP contribution in [0.15, 0.2) is 28.8 Å². The van der Waals surface area contributed by atoms with Gasteiger partial charge in [0.15, 0.2) is 23.1 Å². The third-order valence-electron chi connectivity index (χ3n) is 3.30. The van der Waals surface area contributed by atoms with Gasteiger partial charge in [-0.25, -0.2) is 0 Å². The standard InChI is InChI=1S/C14H17N3O3/c1-17-7-10(8-17)19-13-5-9(3-4-11(13)18-2)12-6-14(15)16-20-12/h3-6,10H,7-8H2,1-2H3,(H2,15,16). The fraction of sp³-hybridized carbons (Fsp3) is 0.357. The zero-order valence-corrected chi connectivity index (χ0v) is 11.5. The van der Waals surface area contributed by atoms with Gasteiger partial charge < -0.3 is 19.7 Å². The molecule has 1 aliphatic heterocycles. The molecule has 2 aromatic rings. The summed E-state index contributed by atoms with van der Waals surface area (Å²) in [7, 11) is 3.69. The molecule has 6 heteroatoms. The van der Waals surface area contributed by atoms with Gasteiger partial charge in [0.1, 0.15) is 6.10 Å². The second kappa shape index (κ2) is 5.05. The normalized spacial score (nSPS) is 15.9. The summed E-state index contributed by atoms with van der Waals surface area (Å²) >= 11 is 0. The lowest BCUT2D eigenvalue weighted by atomic mass is 10.1. The van der Waals surface area contributed by atoms with E-state index in [0.29, 0.717) is 23.1 Å². The van der Waals surface area contributed by atoms with Gasteiger partial charge in [-0.3, -0.25) is 4.90 Å². The number of anilines is 1. The zero-order valence-electron chi connectivity index (χ0n) is 11.5. The summed E-state index contributed by atoms with van der Waals surface area (Å²) in [5.41, 5.74) is 6.43. The first kappa shape index (κ1) is 12.8. The maximum Gasteiger partial charge on any atom is 0.169 e. The maximum atomic E-state index is 5.95. The quantitative estimate of drug-likeness (QED) is 0.914. The molecule has 1 aromatic carbocycles. The lowest BCUT2D eigenvalue weighted by molar-refractivity contribution is 0.0370. The van der Waals surface area contributed by atoms with E-state index in [1.165, 1.54) is 0 Å². The molecule has 0 atom stereocenters. The highest BCUT2D eigenvalue weighted by Gasteiger charge is 2.26. The number of likely N-dealkylation sites (tertiary alicyclic amines) is 1. The Morgan fingerprint density at radius 1 is 1.30 bits per heavy atom. The molecule has 1 fully saturated rings. The number of aromatic nitrogens is 1. The Labute approximate surface area is 117 Å². The Hall–Kier alpha value is -2.21. The number of hydrogen-bond donors (Lipinski definition) is 1. The minimum Gasteiger partial charge on any atom is -0.493 e. The van der Waals surface area contributed by atoms with Crippen molar-refractivity contribution in [3.8, 4) is 22.8 Å². The number of ether oxygens (including phenoxy) is 2. The van der Waals surface area contributed by atoms with E-state index in [4.69, 9.17) is 19.7 Å². The van der Waals surface area contributed by atoms with Crippen LogP contribution in [0.2, 0.25) is 0 Å². The number of rotatable bonds is 4. The van der Waals surface area contributed by atoms with Crippen LogP contribution < -0.4 is 15.2 Å². The van der Waals surface area contributed by atoms with Crippen LogP contribution in [0.4, 0.5) is 5.82 Å². The van der Waals surface area contributed by atoms with E-state index in [1.54, 1.807) is 13.2 Å². The SMILES string of the molecule is COc1ccc(-c2cc(N)no2)cc1OC1CN(C)C1. The molecule has 106 valence electrons. The first-order chi connectivity index (χ1) is 9.65. The number of likely N-dealkylation sites (N-methyl/N-ethyl adjacent to an activating group) is 1. The van der Waals surface area contributed by atoms with Crippen molar-refractivity contribution >= 4 is 5.82 Å². The molecule has 3 rings (SSSR count). The fourth-order valence-electron chi connectivity index (χ4n) is 2.24. The Bertz CT molecular complexity index is 605. The van der Waals surface area contributed by atoms with Gasteiger partial charge in [0.05, 0.1) is 7.11 Å². The molecular formula is C14H17N3O3.